The zero-order chi connectivity index (χ0) is 20.8. The van der Waals surface area contributed by atoms with Crippen LogP contribution in [0.2, 0.25) is 0 Å². The van der Waals surface area contributed by atoms with Crippen LogP contribution in [0.3, 0.4) is 0 Å². The van der Waals surface area contributed by atoms with Crippen molar-refractivity contribution in [1.82, 2.24) is 0 Å². The van der Waals surface area contributed by atoms with Crippen LogP contribution in [0.5, 0.6) is 0 Å². The van der Waals surface area contributed by atoms with Gasteiger partial charge in [-0.05, 0) is 0 Å². The Kier molecular flexibility index (Phi) is 24.7. The molecular weight excluding hydrogens is 436 g/mol. The second-order valence-corrected chi connectivity index (χ2v) is 6.55. The van der Waals surface area contributed by atoms with Crippen molar-refractivity contribution in [3.8, 4) is 0 Å². The SMILES string of the molecule is O=P([O-])(O)O.O=P([O-])(O)O.O=P([O-])(O)O.OCC(CO)(CO)CO.[Al+3]. The minimum atomic E-state index is -4.89. The molecule has 0 aliphatic rings. The van der Waals surface area contributed by atoms with Gasteiger partial charge in [-0.3, -0.25) is 13.7 Å². The van der Waals surface area contributed by atoms with Crippen LogP contribution in [0.4, 0.5) is 0 Å². The average Bonchev–Trinajstić information content (AvgIpc) is 2.26. The zero-order valence-electron chi connectivity index (χ0n) is 12.2. The first-order valence-corrected chi connectivity index (χ1v) is 9.57. The molecule has 0 radical (unpaired) electrons. The molecule has 0 bridgehead atoms. The Labute approximate surface area is 151 Å². The summed E-state index contributed by atoms with van der Waals surface area (Å²) in [6.45, 7) is -1.62. The van der Waals surface area contributed by atoms with Crippen LogP contribution in [0, 0.1) is 5.41 Å². The first kappa shape index (κ1) is 36.6. The molecule has 0 atom stereocenters. The minimum absolute atomic E-state index is 0. The fourth-order valence-corrected chi connectivity index (χ4v) is 0.300. The van der Waals surface area contributed by atoms with Crippen LogP contribution in [0.15, 0.2) is 0 Å². The van der Waals surface area contributed by atoms with E-state index in [2.05, 4.69) is 0 Å². The van der Waals surface area contributed by atoms with Crippen molar-refractivity contribution in [3.63, 3.8) is 0 Å². The summed E-state index contributed by atoms with van der Waals surface area (Å²) in [7, 11) is -14.7. The van der Waals surface area contributed by atoms with Crippen molar-refractivity contribution in [3.05, 3.63) is 0 Å². The molecule has 0 amide bonds. The van der Waals surface area contributed by atoms with E-state index in [0.29, 0.717) is 0 Å². The Morgan fingerprint density at radius 3 is 0.640 bits per heavy atom. The second-order valence-electron chi connectivity index (χ2n) is 3.60. The first-order chi connectivity index (χ1) is 10.2. The van der Waals surface area contributed by atoms with Crippen LogP contribution < -0.4 is 14.7 Å². The zero-order valence-corrected chi connectivity index (χ0v) is 16.0. The third-order valence-electron chi connectivity index (χ3n) is 1.34. The predicted molar refractivity (Wildman–Crippen MR) is 72.7 cm³/mol. The van der Waals surface area contributed by atoms with Crippen LogP contribution in [0.1, 0.15) is 0 Å². The van der Waals surface area contributed by atoms with Gasteiger partial charge < -0.3 is 64.5 Å². The molecule has 20 heteroatoms. The topological polar surface area (TPSA) is 323 Å². The average molecular weight is 454 g/mol. The van der Waals surface area contributed by atoms with E-state index >= 15 is 0 Å². The first-order valence-electron chi connectivity index (χ1n) is 4.97. The van der Waals surface area contributed by atoms with Crippen LogP contribution in [0.25, 0.3) is 0 Å². The van der Waals surface area contributed by atoms with Crippen LogP contribution in [-0.4, -0.2) is 93.6 Å². The van der Waals surface area contributed by atoms with E-state index < -0.39 is 55.3 Å². The Bertz CT molecular complexity index is 330. The molecule has 10 N–H and O–H groups in total. The van der Waals surface area contributed by atoms with Crippen molar-refractivity contribution in [2.24, 2.45) is 5.41 Å². The van der Waals surface area contributed by atoms with Crippen molar-refractivity contribution >= 4 is 40.8 Å². The van der Waals surface area contributed by atoms with Crippen LogP contribution in [-0.2, 0) is 13.7 Å². The number of aliphatic hydroxyl groups is 4. The third-order valence-corrected chi connectivity index (χ3v) is 1.34. The van der Waals surface area contributed by atoms with Gasteiger partial charge in [0.2, 0.25) is 0 Å². The minimum Gasteiger partial charge on any atom is -0.756 e. The smallest absolute Gasteiger partial charge is 0.756 e. The summed E-state index contributed by atoms with van der Waals surface area (Å²) in [4.78, 5) is 68.8. The molecule has 0 aliphatic heterocycles. The van der Waals surface area contributed by atoms with Gasteiger partial charge in [0.1, 0.15) is 0 Å². The third kappa shape index (κ3) is 78.9. The monoisotopic (exact) mass is 454 g/mol. The van der Waals surface area contributed by atoms with E-state index in [1.54, 1.807) is 0 Å². The normalized spacial score (nSPS) is 11.4. The summed E-state index contributed by atoms with van der Waals surface area (Å²) in [5.74, 6) is 0. The fraction of sp³-hybridized carbons (Fsp3) is 1.00. The number of hydrogen-bond acceptors (Lipinski definition) is 10. The fourth-order valence-electron chi connectivity index (χ4n) is 0.300. The summed E-state index contributed by atoms with van der Waals surface area (Å²) >= 11 is 0. The Morgan fingerprint density at radius 1 is 0.560 bits per heavy atom. The van der Waals surface area contributed by atoms with Crippen molar-refractivity contribution in [2.75, 3.05) is 26.4 Å². The van der Waals surface area contributed by atoms with Gasteiger partial charge in [0.15, 0.2) is 0 Å². The molecule has 16 nitrogen and oxygen atoms in total. The molecule has 0 fully saturated rings. The number of aliphatic hydroxyl groups excluding tert-OH is 4. The second kappa shape index (κ2) is 16.8. The molecule has 0 saturated carbocycles. The van der Waals surface area contributed by atoms with E-state index in [-0.39, 0.29) is 17.4 Å². The molecule has 25 heavy (non-hydrogen) atoms. The van der Waals surface area contributed by atoms with Gasteiger partial charge in [-0.1, -0.05) is 0 Å². The van der Waals surface area contributed by atoms with Gasteiger partial charge in [0.05, 0.1) is 31.8 Å². The molecule has 0 aromatic heterocycles. The van der Waals surface area contributed by atoms with Crippen molar-refractivity contribution < 1.29 is 78.2 Å². The molecular formula is C5H18AlO16P3. The Hall–Kier alpha value is 0.702. The van der Waals surface area contributed by atoms with Gasteiger partial charge in [-0.15, -0.1) is 0 Å². The number of phosphoric acid groups is 3. The Balaban J connectivity index is -0.0000000733. The van der Waals surface area contributed by atoms with E-state index in [9.17, 15) is 0 Å². The van der Waals surface area contributed by atoms with Gasteiger partial charge in [-0.25, -0.2) is 0 Å². The molecule has 0 rings (SSSR count). The molecule has 0 aromatic rings. The molecule has 0 saturated heterocycles. The van der Waals surface area contributed by atoms with E-state index in [4.69, 9.17) is 78.2 Å². The molecule has 0 aliphatic carbocycles. The van der Waals surface area contributed by atoms with Gasteiger partial charge in [0, 0.05) is 0 Å². The van der Waals surface area contributed by atoms with Gasteiger partial charge in [0.25, 0.3) is 23.5 Å². The van der Waals surface area contributed by atoms with Gasteiger partial charge >= 0.3 is 17.4 Å². The van der Waals surface area contributed by atoms with E-state index in [1.807, 2.05) is 0 Å². The summed E-state index contributed by atoms with van der Waals surface area (Å²) in [5, 5.41) is 34.0. The summed E-state index contributed by atoms with van der Waals surface area (Å²) in [5.41, 5.74) is -1.11. The van der Waals surface area contributed by atoms with E-state index in [0.717, 1.165) is 0 Å². The maximum atomic E-state index is 8.77. The molecule has 0 heterocycles. The van der Waals surface area contributed by atoms with Crippen molar-refractivity contribution in [2.45, 2.75) is 0 Å². The quantitative estimate of drug-likeness (QED) is 0.139. The van der Waals surface area contributed by atoms with Crippen LogP contribution >= 0.6 is 23.5 Å². The molecule has 0 aromatic carbocycles. The standard InChI is InChI=1S/C5H12O4.Al.3H3O4P/c6-1-5(2-7,3-8)4-9;;3*1-5(2,3)4/h6-9H,1-4H2;;3*(H3,1,2,3,4)/q;+3;;;/p-3. The maximum Gasteiger partial charge on any atom is 3.00 e. The number of rotatable bonds is 4. The number of hydrogen-bond donors (Lipinski definition) is 10. The Morgan fingerprint density at radius 2 is 0.640 bits per heavy atom. The molecule has 152 valence electrons. The van der Waals surface area contributed by atoms with E-state index in [1.165, 1.54) is 0 Å². The maximum absolute atomic E-state index is 8.77. The van der Waals surface area contributed by atoms with Crippen molar-refractivity contribution in [1.29, 1.82) is 0 Å². The van der Waals surface area contributed by atoms with Gasteiger partial charge in [-0.2, -0.15) is 0 Å². The largest absolute Gasteiger partial charge is 3.00 e. The molecule has 0 unspecified atom stereocenters. The predicted octanol–water partition coefficient (Wildman–Crippen LogP) is -7.12. The summed E-state index contributed by atoms with van der Waals surface area (Å²) in [6, 6.07) is 0. The summed E-state index contributed by atoms with van der Waals surface area (Å²) in [6.07, 6.45) is 0. The molecule has 0 spiro atoms. The summed E-state index contributed by atoms with van der Waals surface area (Å²) < 4.78 is 26.3.